The van der Waals surface area contributed by atoms with Gasteiger partial charge in [0.25, 0.3) is 0 Å². The number of halogens is 1. The molecular weight excluding hydrogens is 240 g/mol. The normalized spacial score (nSPS) is 13.8. The van der Waals surface area contributed by atoms with Crippen LogP contribution < -0.4 is 0 Å². The molecule has 3 nitrogen and oxygen atoms in total. The van der Waals surface area contributed by atoms with Gasteiger partial charge in [0.2, 0.25) is 0 Å². The second-order valence-corrected chi connectivity index (χ2v) is 4.24. The molecule has 0 saturated carbocycles. The molecule has 1 aromatic carbocycles. The third-order valence-corrected chi connectivity index (χ3v) is 3.00. The number of hydrogen-bond donors (Lipinski definition) is 0. The fourth-order valence-corrected chi connectivity index (χ4v) is 1.86. The van der Waals surface area contributed by atoms with Crippen molar-refractivity contribution in [3.05, 3.63) is 35.9 Å². The highest BCUT2D eigenvalue weighted by molar-refractivity contribution is 6.34. The third kappa shape index (κ3) is 3.30. The Morgan fingerprint density at radius 2 is 2.06 bits per heavy atom. The Bertz CT molecular complexity index is 378. The number of aldehydes is 1. The van der Waals surface area contributed by atoms with Crippen LogP contribution in [0.25, 0.3) is 0 Å². The summed E-state index contributed by atoms with van der Waals surface area (Å²) in [7, 11) is 0. The average molecular weight is 255 g/mol. The Hall–Kier alpha value is -1.35. The van der Waals surface area contributed by atoms with Gasteiger partial charge in [0.15, 0.2) is 4.87 Å². The Labute approximate surface area is 106 Å². The molecule has 0 radical (unpaired) electrons. The molecule has 0 aliphatic rings. The van der Waals surface area contributed by atoms with Crippen molar-refractivity contribution in [1.29, 1.82) is 0 Å². The molecule has 1 aromatic rings. The SMILES string of the molecule is CCOC(=O)C(Cl)(CCC=O)c1ccccc1. The van der Waals surface area contributed by atoms with E-state index in [2.05, 4.69) is 0 Å². The number of rotatable bonds is 6. The second kappa shape index (κ2) is 6.40. The number of carbonyl (C=O) groups is 2. The summed E-state index contributed by atoms with van der Waals surface area (Å²) in [6.07, 6.45) is 1.21. The van der Waals surface area contributed by atoms with E-state index in [1.807, 2.05) is 6.07 Å². The minimum atomic E-state index is -1.27. The molecule has 0 aromatic heterocycles. The molecule has 0 amide bonds. The van der Waals surface area contributed by atoms with E-state index in [-0.39, 0.29) is 19.4 Å². The third-order valence-electron chi connectivity index (χ3n) is 2.44. The first-order valence-corrected chi connectivity index (χ1v) is 5.88. The minimum absolute atomic E-state index is 0.219. The molecule has 0 aliphatic carbocycles. The van der Waals surface area contributed by atoms with Gasteiger partial charge in [-0.2, -0.15) is 0 Å². The molecule has 0 spiro atoms. The number of carbonyl (C=O) groups excluding carboxylic acids is 2. The van der Waals surface area contributed by atoms with Crippen LogP contribution >= 0.6 is 11.6 Å². The van der Waals surface area contributed by atoms with Crippen molar-refractivity contribution in [2.45, 2.75) is 24.6 Å². The van der Waals surface area contributed by atoms with Crippen LogP contribution in [-0.2, 0) is 19.2 Å². The summed E-state index contributed by atoms with van der Waals surface area (Å²) in [6, 6.07) is 8.95. The van der Waals surface area contributed by atoms with E-state index in [1.165, 1.54) is 0 Å². The largest absolute Gasteiger partial charge is 0.464 e. The van der Waals surface area contributed by atoms with Crippen molar-refractivity contribution in [2.24, 2.45) is 0 Å². The smallest absolute Gasteiger partial charge is 0.331 e. The van der Waals surface area contributed by atoms with Crippen molar-refractivity contribution in [1.82, 2.24) is 0 Å². The fraction of sp³-hybridized carbons (Fsp3) is 0.385. The molecule has 0 saturated heterocycles. The van der Waals surface area contributed by atoms with Gasteiger partial charge in [0.05, 0.1) is 6.61 Å². The molecule has 0 N–H and O–H groups in total. The predicted octanol–water partition coefficient (Wildman–Crippen LogP) is 2.66. The van der Waals surface area contributed by atoms with Crippen LogP contribution in [0.1, 0.15) is 25.3 Å². The predicted molar refractivity (Wildman–Crippen MR) is 65.9 cm³/mol. The van der Waals surface area contributed by atoms with Crippen LogP contribution in [0.5, 0.6) is 0 Å². The lowest BCUT2D eigenvalue weighted by Crippen LogP contribution is -2.32. The fourth-order valence-electron chi connectivity index (χ4n) is 1.57. The van der Waals surface area contributed by atoms with Crippen LogP contribution in [-0.4, -0.2) is 18.9 Å². The van der Waals surface area contributed by atoms with E-state index in [4.69, 9.17) is 16.3 Å². The molecular formula is C13H15ClO3. The molecule has 0 fully saturated rings. The van der Waals surface area contributed by atoms with Crippen LogP contribution in [0.15, 0.2) is 30.3 Å². The van der Waals surface area contributed by atoms with E-state index < -0.39 is 10.8 Å². The maximum atomic E-state index is 11.9. The summed E-state index contributed by atoms with van der Waals surface area (Å²) in [5.41, 5.74) is 0.655. The molecule has 1 unspecified atom stereocenters. The van der Waals surface area contributed by atoms with E-state index in [1.54, 1.807) is 31.2 Å². The van der Waals surface area contributed by atoms with E-state index in [9.17, 15) is 9.59 Å². The summed E-state index contributed by atoms with van der Waals surface area (Å²) < 4.78 is 4.97. The zero-order valence-electron chi connectivity index (χ0n) is 9.69. The van der Waals surface area contributed by atoms with Gasteiger partial charge >= 0.3 is 5.97 Å². The van der Waals surface area contributed by atoms with E-state index in [0.29, 0.717) is 5.56 Å². The van der Waals surface area contributed by atoms with Crippen LogP contribution in [0.2, 0.25) is 0 Å². The second-order valence-electron chi connectivity index (χ2n) is 3.59. The lowest BCUT2D eigenvalue weighted by Gasteiger charge is -2.24. The summed E-state index contributed by atoms with van der Waals surface area (Å²) in [4.78, 5) is 21.1. The first-order valence-electron chi connectivity index (χ1n) is 5.50. The van der Waals surface area contributed by atoms with Gasteiger partial charge in [0.1, 0.15) is 6.29 Å². The molecule has 0 bridgehead atoms. The van der Waals surface area contributed by atoms with Crippen molar-refractivity contribution in [3.63, 3.8) is 0 Å². The first-order chi connectivity index (χ1) is 8.15. The summed E-state index contributed by atoms with van der Waals surface area (Å²) in [6.45, 7) is 1.99. The maximum absolute atomic E-state index is 11.9. The maximum Gasteiger partial charge on any atom is 0.331 e. The highest BCUT2D eigenvalue weighted by Gasteiger charge is 2.39. The highest BCUT2D eigenvalue weighted by atomic mass is 35.5. The summed E-state index contributed by atoms with van der Waals surface area (Å²) in [5.74, 6) is -0.505. The lowest BCUT2D eigenvalue weighted by molar-refractivity contribution is -0.147. The molecule has 1 atom stereocenters. The van der Waals surface area contributed by atoms with Crippen molar-refractivity contribution in [3.8, 4) is 0 Å². The van der Waals surface area contributed by atoms with Gasteiger partial charge in [-0.05, 0) is 18.9 Å². The lowest BCUT2D eigenvalue weighted by atomic mass is 9.93. The molecule has 0 heterocycles. The zero-order valence-corrected chi connectivity index (χ0v) is 10.4. The molecule has 0 aliphatic heterocycles. The van der Waals surface area contributed by atoms with E-state index in [0.717, 1.165) is 6.29 Å². The Morgan fingerprint density at radius 3 is 2.59 bits per heavy atom. The molecule has 92 valence electrons. The van der Waals surface area contributed by atoms with Gasteiger partial charge in [0, 0.05) is 6.42 Å². The Balaban J connectivity index is 3.01. The van der Waals surface area contributed by atoms with Crippen molar-refractivity contribution in [2.75, 3.05) is 6.61 Å². The number of esters is 1. The monoisotopic (exact) mass is 254 g/mol. The quantitative estimate of drug-likeness (QED) is 0.445. The topological polar surface area (TPSA) is 43.4 Å². The number of alkyl halides is 1. The standard InChI is InChI=1S/C13H15ClO3/c1-2-17-12(16)13(14,9-6-10-15)11-7-4-3-5-8-11/h3-5,7-8,10H,2,6,9H2,1H3. The number of benzene rings is 1. The van der Waals surface area contributed by atoms with Crippen molar-refractivity contribution < 1.29 is 14.3 Å². The van der Waals surface area contributed by atoms with E-state index >= 15 is 0 Å². The summed E-state index contributed by atoms with van der Waals surface area (Å²) >= 11 is 6.34. The molecule has 17 heavy (non-hydrogen) atoms. The molecule has 1 rings (SSSR count). The van der Waals surface area contributed by atoms with Crippen molar-refractivity contribution >= 4 is 23.9 Å². The average Bonchev–Trinajstić information content (AvgIpc) is 2.37. The van der Waals surface area contributed by atoms with Crippen LogP contribution in [0.3, 0.4) is 0 Å². The van der Waals surface area contributed by atoms with Gasteiger partial charge in [-0.1, -0.05) is 30.3 Å². The van der Waals surface area contributed by atoms with Gasteiger partial charge in [-0.15, -0.1) is 11.6 Å². The first kappa shape index (κ1) is 13.7. The summed E-state index contributed by atoms with van der Waals surface area (Å²) in [5, 5.41) is 0. The van der Waals surface area contributed by atoms with Crippen LogP contribution in [0.4, 0.5) is 0 Å². The zero-order chi connectivity index (χ0) is 12.7. The Morgan fingerprint density at radius 1 is 1.41 bits per heavy atom. The Kier molecular flexibility index (Phi) is 5.16. The number of hydrogen-bond acceptors (Lipinski definition) is 3. The number of ether oxygens (including phenoxy) is 1. The van der Waals surface area contributed by atoms with Gasteiger partial charge in [-0.25, -0.2) is 4.79 Å². The van der Waals surface area contributed by atoms with Crippen LogP contribution in [0, 0.1) is 0 Å². The molecule has 4 heteroatoms. The minimum Gasteiger partial charge on any atom is -0.464 e. The van der Waals surface area contributed by atoms with Gasteiger partial charge in [-0.3, -0.25) is 0 Å². The van der Waals surface area contributed by atoms with Gasteiger partial charge < -0.3 is 9.53 Å². The highest BCUT2D eigenvalue weighted by Crippen LogP contribution is 2.35.